The fourth-order valence-electron chi connectivity index (χ4n) is 3.60. The molecule has 2 aliphatic heterocycles. The van der Waals surface area contributed by atoms with Gasteiger partial charge in [0.25, 0.3) is 0 Å². The maximum absolute atomic E-state index is 12.6. The van der Waals surface area contributed by atoms with E-state index in [0.29, 0.717) is 32.0 Å². The van der Waals surface area contributed by atoms with Crippen LogP contribution in [-0.2, 0) is 16.0 Å². The highest BCUT2D eigenvalue weighted by Crippen LogP contribution is 2.26. The Morgan fingerprint density at radius 3 is 2.64 bits per heavy atom. The SMILES string of the molecule is CCc1ccccc1OC1CN(C(=O)[C@@H]2CC(=O)N(CC(C)C)C2)C1. The summed E-state index contributed by atoms with van der Waals surface area (Å²) in [5, 5.41) is 0. The van der Waals surface area contributed by atoms with Crippen LogP contribution in [0.1, 0.15) is 32.8 Å². The molecule has 0 spiro atoms. The van der Waals surface area contributed by atoms with E-state index in [9.17, 15) is 9.59 Å². The van der Waals surface area contributed by atoms with Gasteiger partial charge in [-0.3, -0.25) is 9.59 Å². The van der Waals surface area contributed by atoms with Gasteiger partial charge in [-0.2, -0.15) is 0 Å². The quantitative estimate of drug-likeness (QED) is 0.796. The van der Waals surface area contributed by atoms with Crippen molar-refractivity contribution < 1.29 is 14.3 Å². The minimum absolute atomic E-state index is 0.0560. The number of benzene rings is 1. The fraction of sp³-hybridized carbons (Fsp3) is 0.600. The first-order valence-electron chi connectivity index (χ1n) is 9.29. The van der Waals surface area contributed by atoms with E-state index in [1.54, 1.807) is 0 Å². The number of carbonyl (C=O) groups is 2. The second-order valence-electron chi connectivity index (χ2n) is 7.54. The predicted octanol–water partition coefficient (Wildman–Crippen LogP) is 2.34. The Hall–Kier alpha value is -2.04. The van der Waals surface area contributed by atoms with Crippen molar-refractivity contribution in [3.63, 3.8) is 0 Å². The number of rotatable bonds is 6. The molecule has 0 aromatic heterocycles. The molecule has 3 rings (SSSR count). The van der Waals surface area contributed by atoms with Crippen LogP contribution in [0.4, 0.5) is 0 Å². The van der Waals surface area contributed by atoms with Gasteiger partial charge in [0.05, 0.1) is 19.0 Å². The number of aryl methyl sites for hydroxylation is 1. The highest BCUT2D eigenvalue weighted by Gasteiger charge is 2.41. The number of amides is 2. The summed E-state index contributed by atoms with van der Waals surface area (Å²) in [6.07, 6.45) is 1.34. The fourth-order valence-corrected chi connectivity index (χ4v) is 3.60. The van der Waals surface area contributed by atoms with Crippen LogP contribution < -0.4 is 4.74 Å². The van der Waals surface area contributed by atoms with E-state index in [4.69, 9.17) is 4.74 Å². The van der Waals surface area contributed by atoms with Gasteiger partial charge in [0.1, 0.15) is 11.9 Å². The molecule has 0 bridgehead atoms. The van der Waals surface area contributed by atoms with Crippen LogP contribution in [0.5, 0.6) is 5.75 Å². The Morgan fingerprint density at radius 2 is 1.96 bits per heavy atom. The third-order valence-corrected chi connectivity index (χ3v) is 4.96. The van der Waals surface area contributed by atoms with Gasteiger partial charge < -0.3 is 14.5 Å². The van der Waals surface area contributed by atoms with Gasteiger partial charge in [0, 0.05) is 19.5 Å². The smallest absolute Gasteiger partial charge is 0.228 e. The molecule has 0 saturated carbocycles. The predicted molar refractivity (Wildman–Crippen MR) is 96.3 cm³/mol. The highest BCUT2D eigenvalue weighted by atomic mass is 16.5. The van der Waals surface area contributed by atoms with E-state index in [1.165, 1.54) is 5.56 Å². The monoisotopic (exact) mass is 344 g/mol. The van der Waals surface area contributed by atoms with E-state index < -0.39 is 0 Å². The van der Waals surface area contributed by atoms with Crippen LogP contribution in [0.3, 0.4) is 0 Å². The van der Waals surface area contributed by atoms with E-state index in [1.807, 2.05) is 28.0 Å². The number of likely N-dealkylation sites (tertiary alicyclic amines) is 2. The maximum atomic E-state index is 12.6. The van der Waals surface area contributed by atoms with E-state index in [2.05, 4.69) is 26.8 Å². The summed E-state index contributed by atoms with van der Waals surface area (Å²) in [6, 6.07) is 8.05. The van der Waals surface area contributed by atoms with Crippen molar-refractivity contribution in [3.8, 4) is 5.75 Å². The molecule has 2 heterocycles. The Balaban J connectivity index is 1.49. The summed E-state index contributed by atoms with van der Waals surface area (Å²) in [4.78, 5) is 28.3. The van der Waals surface area contributed by atoms with Crippen molar-refractivity contribution >= 4 is 11.8 Å². The lowest BCUT2D eigenvalue weighted by Gasteiger charge is -2.40. The zero-order valence-electron chi connectivity index (χ0n) is 15.4. The minimum Gasteiger partial charge on any atom is -0.486 e. The third-order valence-electron chi connectivity index (χ3n) is 4.96. The van der Waals surface area contributed by atoms with Crippen LogP contribution in [-0.4, -0.2) is 53.9 Å². The number of ether oxygens (including phenoxy) is 1. The van der Waals surface area contributed by atoms with Crippen LogP contribution >= 0.6 is 0 Å². The van der Waals surface area contributed by atoms with Crippen molar-refractivity contribution in [3.05, 3.63) is 29.8 Å². The first-order valence-corrected chi connectivity index (χ1v) is 9.29. The molecular formula is C20H28N2O3. The lowest BCUT2D eigenvalue weighted by atomic mass is 10.0. The van der Waals surface area contributed by atoms with Gasteiger partial charge in [-0.1, -0.05) is 39.0 Å². The standard InChI is InChI=1S/C20H28N2O3/c1-4-15-7-5-6-8-18(15)25-17-12-22(13-17)20(24)16-9-19(23)21(11-16)10-14(2)3/h5-8,14,16-17H,4,9-13H2,1-3H3/t16-/m1/s1. The van der Waals surface area contributed by atoms with E-state index in [-0.39, 0.29) is 23.8 Å². The Bertz CT molecular complexity index is 638. The average molecular weight is 344 g/mol. The number of nitrogens with zero attached hydrogens (tertiary/aromatic N) is 2. The first kappa shape index (κ1) is 17.8. The topological polar surface area (TPSA) is 49.9 Å². The summed E-state index contributed by atoms with van der Waals surface area (Å²) in [7, 11) is 0. The maximum Gasteiger partial charge on any atom is 0.228 e. The molecule has 2 amide bonds. The van der Waals surface area contributed by atoms with Gasteiger partial charge in [0.2, 0.25) is 11.8 Å². The number of para-hydroxylation sites is 1. The second kappa shape index (κ2) is 7.46. The largest absolute Gasteiger partial charge is 0.486 e. The Labute approximate surface area is 149 Å². The summed E-state index contributed by atoms with van der Waals surface area (Å²) >= 11 is 0. The van der Waals surface area contributed by atoms with Crippen molar-refractivity contribution in [2.75, 3.05) is 26.2 Å². The average Bonchev–Trinajstić information content (AvgIpc) is 2.90. The summed E-state index contributed by atoms with van der Waals surface area (Å²) in [5.74, 6) is 1.37. The molecule has 5 nitrogen and oxygen atoms in total. The molecule has 25 heavy (non-hydrogen) atoms. The number of hydrogen-bond donors (Lipinski definition) is 0. The molecule has 5 heteroatoms. The number of carbonyl (C=O) groups excluding carboxylic acids is 2. The molecule has 1 aromatic rings. The highest BCUT2D eigenvalue weighted by molar-refractivity contribution is 5.89. The second-order valence-corrected chi connectivity index (χ2v) is 7.54. The number of hydrogen-bond acceptors (Lipinski definition) is 3. The van der Waals surface area contributed by atoms with Crippen molar-refractivity contribution in [1.29, 1.82) is 0 Å². The lowest BCUT2D eigenvalue weighted by Crippen LogP contribution is -2.57. The summed E-state index contributed by atoms with van der Waals surface area (Å²) in [5.41, 5.74) is 1.19. The van der Waals surface area contributed by atoms with Crippen molar-refractivity contribution in [2.24, 2.45) is 11.8 Å². The molecular weight excluding hydrogens is 316 g/mol. The molecule has 1 aromatic carbocycles. The van der Waals surface area contributed by atoms with Gasteiger partial charge in [-0.05, 0) is 24.0 Å². The van der Waals surface area contributed by atoms with Gasteiger partial charge in [-0.25, -0.2) is 0 Å². The zero-order valence-corrected chi connectivity index (χ0v) is 15.4. The van der Waals surface area contributed by atoms with Crippen LogP contribution in [0.15, 0.2) is 24.3 Å². The minimum atomic E-state index is -0.185. The van der Waals surface area contributed by atoms with Crippen molar-refractivity contribution in [1.82, 2.24) is 9.80 Å². The summed E-state index contributed by atoms with van der Waals surface area (Å²) in [6.45, 7) is 8.83. The van der Waals surface area contributed by atoms with Crippen LogP contribution in [0, 0.1) is 11.8 Å². The molecule has 2 fully saturated rings. The van der Waals surface area contributed by atoms with Gasteiger partial charge in [0.15, 0.2) is 0 Å². The Kier molecular flexibility index (Phi) is 5.30. The van der Waals surface area contributed by atoms with E-state index in [0.717, 1.165) is 18.7 Å². The van der Waals surface area contributed by atoms with Crippen molar-refractivity contribution in [2.45, 2.75) is 39.7 Å². The molecule has 0 N–H and O–H groups in total. The molecule has 2 aliphatic rings. The molecule has 0 aliphatic carbocycles. The first-order chi connectivity index (χ1) is 12.0. The van der Waals surface area contributed by atoms with E-state index >= 15 is 0 Å². The van der Waals surface area contributed by atoms with Crippen LogP contribution in [0.2, 0.25) is 0 Å². The summed E-state index contributed by atoms with van der Waals surface area (Å²) < 4.78 is 6.04. The van der Waals surface area contributed by atoms with Gasteiger partial charge >= 0.3 is 0 Å². The van der Waals surface area contributed by atoms with Crippen LogP contribution in [0.25, 0.3) is 0 Å². The molecule has 0 unspecified atom stereocenters. The van der Waals surface area contributed by atoms with Gasteiger partial charge in [-0.15, -0.1) is 0 Å². The third kappa shape index (κ3) is 3.97. The lowest BCUT2D eigenvalue weighted by molar-refractivity contribution is -0.144. The molecule has 1 atom stereocenters. The normalized spacial score (nSPS) is 21.0. The molecule has 136 valence electrons. The molecule has 0 radical (unpaired) electrons. The Morgan fingerprint density at radius 1 is 1.24 bits per heavy atom. The molecule has 2 saturated heterocycles. The zero-order chi connectivity index (χ0) is 18.0.